The number of phenolic OH excluding ortho intramolecular Hbond substituents is 1. The highest BCUT2D eigenvalue weighted by atomic mass is 16.5. The molecule has 5 heteroatoms. The zero-order valence-corrected chi connectivity index (χ0v) is 10.0. The first-order valence-electron chi connectivity index (χ1n) is 5.80. The van der Waals surface area contributed by atoms with Gasteiger partial charge in [0.15, 0.2) is 0 Å². The summed E-state index contributed by atoms with van der Waals surface area (Å²) in [5.74, 6) is 0.0590. The largest absolute Gasteiger partial charge is 0.508 e. The molecule has 1 fully saturated rings. The van der Waals surface area contributed by atoms with Crippen molar-refractivity contribution in [3.05, 3.63) is 29.8 Å². The average Bonchev–Trinajstić information content (AvgIpc) is 2.40. The van der Waals surface area contributed by atoms with Crippen LogP contribution in [0.4, 0.5) is 5.69 Å². The highest BCUT2D eigenvalue weighted by molar-refractivity contribution is 5.92. The number of phenols is 1. The van der Waals surface area contributed by atoms with Crippen molar-refractivity contribution in [2.24, 2.45) is 0 Å². The van der Waals surface area contributed by atoms with Gasteiger partial charge in [-0.25, -0.2) is 0 Å². The Balaban J connectivity index is 2.05. The van der Waals surface area contributed by atoms with Crippen molar-refractivity contribution in [1.82, 2.24) is 4.90 Å². The molecule has 1 amide bonds. The number of morpholine rings is 1. The number of anilines is 1. The summed E-state index contributed by atoms with van der Waals surface area (Å²) in [5, 5.41) is 9.35. The number of hydrogen-bond donors (Lipinski definition) is 2. The lowest BCUT2D eigenvalue weighted by atomic mass is 10.1. The number of aromatic hydroxyl groups is 1. The Morgan fingerprint density at radius 1 is 1.39 bits per heavy atom. The molecule has 0 atom stereocenters. The summed E-state index contributed by atoms with van der Waals surface area (Å²) in [5.41, 5.74) is 6.91. The number of rotatable bonds is 2. The van der Waals surface area contributed by atoms with E-state index in [0.717, 1.165) is 0 Å². The van der Waals surface area contributed by atoms with E-state index >= 15 is 0 Å². The SMILES string of the molecule is Nc1ccc(O)cc1C=CC(=O)N1CCOCC1. The molecule has 1 aliphatic heterocycles. The molecule has 2 rings (SSSR count). The number of nitrogen functional groups attached to an aromatic ring is 1. The Kier molecular flexibility index (Phi) is 3.84. The van der Waals surface area contributed by atoms with Gasteiger partial charge in [0.25, 0.3) is 0 Å². The van der Waals surface area contributed by atoms with E-state index in [4.69, 9.17) is 10.5 Å². The van der Waals surface area contributed by atoms with Crippen LogP contribution in [0.5, 0.6) is 5.75 Å². The van der Waals surface area contributed by atoms with Crippen molar-refractivity contribution >= 4 is 17.7 Å². The predicted octanol–water partition coefficient (Wildman–Crippen LogP) is 0.846. The summed E-state index contributed by atoms with van der Waals surface area (Å²) < 4.78 is 5.18. The third kappa shape index (κ3) is 3.01. The van der Waals surface area contributed by atoms with Gasteiger partial charge < -0.3 is 20.5 Å². The molecule has 1 saturated heterocycles. The topological polar surface area (TPSA) is 75.8 Å². The van der Waals surface area contributed by atoms with Gasteiger partial charge in [0.1, 0.15) is 5.75 Å². The Labute approximate surface area is 105 Å². The molecule has 1 heterocycles. The number of nitrogens with zero attached hydrogens (tertiary/aromatic N) is 1. The maximum Gasteiger partial charge on any atom is 0.246 e. The number of carbonyl (C=O) groups excluding carboxylic acids is 1. The average molecular weight is 248 g/mol. The van der Waals surface area contributed by atoms with Gasteiger partial charge in [-0.05, 0) is 24.3 Å². The fourth-order valence-electron chi connectivity index (χ4n) is 1.76. The van der Waals surface area contributed by atoms with Gasteiger partial charge in [0, 0.05) is 30.4 Å². The highest BCUT2D eigenvalue weighted by Crippen LogP contribution is 2.19. The molecule has 0 aromatic heterocycles. The van der Waals surface area contributed by atoms with E-state index in [1.165, 1.54) is 18.2 Å². The van der Waals surface area contributed by atoms with Gasteiger partial charge in [-0.15, -0.1) is 0 Å². The van der Waals surface area contributed by atoms with Crippen LogP contribution in [0.25, 0.3) is 6.08 Å². The lowest BCUT2D eigenvalue weighted by molar-refractivity contribution is -0.129. The minimum Gasteiger partial charge on any atom is -0.508 e. The lowest BCUT2D eigenvalue weighted by Crippen LogP contribution is -2.39. The van der Waals surface area contributed by atoms with E-state index in [9.17, 15) is 9.90 Å². The number of ether oxygens (including phenoxy) is 1. The van der Waals surface area contributed by atoms with Crippen LogP contribution in [-0.2, 0) is 9.53 Å². The monoisotopic (exact) mass is 248 g/mol. The van der Waals surface area contributed by atoms with E-state index < -0.39 is 0 Å². The summed E-state index contributed by atoms with van der Waals surface area (Å²) in [7, 11) is 0. The quantitative estimate of drug-likeness (QED) is 0.462. The van der Waals surface area contributed by atoms with Crippen molar-refractivity contribution in [2.45, 2.75) is 0 Å². The minimum absolute atomic E-state index is 0.0685. The van der Waals surface area contributed by atoms with Crippen LogP contribution in [0.2, 0.25) is 0 Å². The fraction of sp³-hybridized carbons (Fsp3) is 0.308. The predicted molar refractivity (Wildman–Crippen MR) is 69.0 cm³/mol. The normalized spacial score (nSPS) is 16.1. The van der Waals surface area contributed by atoms with Crippen LogP contribution < -0.4 is 5.73 Å². The van der Waals surface area contributed by atoms with Crippen LogP contribution in [-0.4, -0.2) is 42.2 Å². The first-order chi connectivity index (χ1) is 8.66. The van der Waals surface area contributed by atoms with Gasteiger partial charge in [-0.3, -0.25) is 4.79 Å². The van der Waals surface area contributed by atoms with E-state index in [0.29, 0.717) is 37.6 Å². The summed E-state index contributed by atoms with van der Waals surface area (Å²) in [6.07, 6.45) is 3.09. The van der Waals surface area contributed by atoms with Crippen molar-refractivity contribution in [3.8, 4) is 5.75 Å². The number of nitrogens with two attached hydrogens (primary N) is 1. The first-order valence-corrected chi connectivity index (χ1v) is 5.80. The Morgan fingerprint density at radius 3 is 2.83 bits per heavy atom. The van der Waals surface area contributed by atoms with Gasteiger partial charge in [0.2, 0.25) is 5.91 Å². The Hall–Kier alpha value is -2.01. The van der Waals surface area contributed by atoms with Crippen molar-refractivity contribution in [1.29, 1.82) is 0 Å². The molecule has 1 aliphatic rings. The summed E-state index contributed by atoms with van der Waals surface area (Å²) in [6, 6.07) is 4.64. The van der Waals surface area contributed by atoms with Crippen LogP contribution in [0.15, 0.2) is 24.3 Å². The molecule has 0 aliphatic carbocycles. The molecular weight excluding hydrogens is 232 g/mol. The third-order valence-electron chi connectivity index (χ3n) is 2.80. The number of benzene rings is 1. The first kappa shape index (κ1) is 12.4. The molecule has 0 radical (unpaired) electrons. The second-order valence-corrected chi connectivity index (χ2v) is 4.08. The minimum atomic E-state index is -0.0685. The van der Waals surface area contributed by atoms with Gasteiger partial charge in [0.05, 0.1) is 13.2 Å². The van der Waals surface area contributed by atoms with Crippen LogP contribution >= 0.6 is 0 Å². The van der Waals surface area contributed by atoms with Gasteiger partial charge in [-0.2, -0.15) is 0 Å². The number of carbonyl (C=O) groups is 1. The maximum atomic E-state index is 11.8. The van der Waals surface area contributed by atoms with E-state index in [-0.39, 0.29) is 11.7 Å². The van der Waals surface area contributed by atoms with Gasteiger partial charge >= 0.3 is 0 Å². The maximum absolute atomic E-state index is 11.8. The number of hydrogen-bond acceptors (Lipinski definition) is 4. The second-order valence-electron chi connectivity index (χ2n) is 4.08. The second kappa shape index (κ2) is 5.55. The van der Waals surface area contributed by atoms with Crippen LogP contribution in [0.1, 0.15) is 5.56 Å². The summed E-state index contributed by atoms with van der Waals surface area (Å²) >= 11 is 0. The zero-order chi connectivity index (χ0) is 13.0. The molecule has 1 aromatic carbocycles. The molecule has 18 heavy (non-hydrogen) atoms. The van der Waals surface area contributed by atoms with E-state index in [2.05, 4.69) is 0 Å². The summed E-state index contributed by atoms with van der Waals surface area (Å²) in [6.45, 7) is 2.37. The third-order valence-corrected chi connectivity index (χ3v) is 2.80. The van der Waals surface area contributed by atoms with Crippen molar-refractivity contribution < 1.29 is 14.6 Å². The molecule has 0 bridgehead atoms. The molecule has 5 nitrogen and oxygen atoms in total. The van der Waals surface area contributed by atoms with E-state index in [1.807, 2.05) is 0 Å². The van der Waals surface area contributed by atoms with Crippen molar-refractivity contribution in [3.63, 3.8) is 0 Å². The fourth-order valence-corrected chi connectivity index (χ4v) is 1.76. The molecule has 96 valence electrons. The zero-order valence-electron chi connectivity index (χ0n) is 10.0. The standard InChI is InChI=1S/C13H16N2O3/c14-12-3-2-11(16)9-10(12)1-4-13(17)15-5-7-18-8-6-15/h1-4,9,16H,5-8,14H2. The summed E-state index contributed by atoms with van der Waals surface area (Å²) in [4.78, 5) is 13.6. The molecule has 0 spiro atoms. The van der Waals surface area contributed by atoms with Crippen LogP contribution in [0.3, 0.4) is 0 Å². The highest BCUT2D eigenvalue weighted by Gasteiger charge is 2.13. The Bertz CT molecular complexity index is 465. The van der Waals surface area contributed by atoms with Crippen molar-refractivity contribution in [2.75, 3.05) is 32.0 Å². The van der Waals surface area contributed by atoms with Crippen LogP contribution in [0, 0.1) is 0 Å². The van der Waals surface area contributed by atoms with E-state index in [1.54, 1.807) is 17.0 Å². The molecule has 1 aromatic rings. The molecule has 0 unspecified atom stereocenters. The smallest absolute Gasteiger partial charge is 0.246 e. The number of amides is 1. The Morgan fingerprint density at radius 2 is 2.11 bits per heavy atom. The lowest BCUT2D eigenvalue weighted by Gasteiger charge is -2.25. The molecule has 0 saturated carbocycles. The molecular formula is C13H16N2O3. The molecule has 3 N–H and O–H groups in total. The van der Waals surface area contributed by atoms with Gasteiger partial charge in [-0.1, -0.05) is 0 Å².